The molecular formula is C16H32N2. The highest BCUT2D eigenvalue weighted by atomic mass is 15.2. The zero-order valence-electron chi connectivity index (χ0n) is 12.7. The highest BCUT2D eigenvalue weighted by Crippen LogP contribution is 2.36. The second kappa shape index (κ2) is 6.38. The van der Waals surface area contributed by atoms with Crippen LogP contribution in [-0.2, 0) is 0 Å². The normalized spacial score (nSPS) is 34.2. The lowest BCUT2D eigenvalue weighted by Crippen LogP contribution is -2.44. The van der Waals surface area contributed by atoms with E-state index in [-0.39, 0.29) is 0 Å². The van der Waals surface area contributed by atoms with Gasteiger partial charge < -0.3 is 10.2 Å². The molecule has 106 valence electrons. The topological polar surface area (TPSA) is 15.3 Å². The first-order valence-electron chi connectivity index (χ1n) is 7.99. The molecule has 1 heterocycles. The largest absolute Gasteiger partial charge is 0.319 e. The summed E-state index contributed by atoms with van der Waals surface area (Å²) in [4.78, 5) is 2.81. The Bertz CT molecular complexity index is 247. The van der Waals surface area contributed by atoms with E-state index in [1.165, 1.54) is 64.6 Å². The number of rotatable bonds is 3. The molecule has 18 heavy (non-hydrogen) atoms. The van der Waals surface area contributed by atoms with Gasteiger partial charge in [0.1, 0.15) is 0 Å². The maximum absolute atomic E-state index is 3.36. The third-order valence-electron chi connectivity index (χ3n) is 5.10. The number of likely N-dealkylation sites (tertiary alicyclic amines) is 1. The van der Waals surface area contributed by atoms with Crippen LogP contribution in [0.4, 0.5) is 0 Å². The van der Waals surface area contributed by atoms with E-state index in [0.29, 0.717) is 5.41 Å². The van der Waals surface area contributed by atoms with Gasteiger partial charge in [-0.15, -0.1) is 0 Å². The van der Waals surface area contributed by atoms with E-state index in [1.807, 2.05) is 0 Å². The molecule has 1 saturated carbocycles. The van der Waals surface area contributed by atoms with Crippen LogP contribution in [-0.4, -0.2) is 37.6 Å². The van der Waals surface area contributed by atoms with Crippen LogP contribution < -0.4 is 5.32 Å². The summed E-state index contributed by atoms with van der Waals surface area (Å²) >= 11 is 0. The molecule has 0 aromatic carbocycles. The molecule has 2 aliphatic rings. The Labute approximate surface area is 114 Å². The average Bonchev–Trinajstić information content (AvgIpc) is 2.51. The van der Waals surface area contributed by atoms with Gasteiger partial charge in [0.2, 0.25) is 0 Å². The van der Waals surface area contributed by atoms with Gasteiger partial charge in [0.15, 0.2) is 0 Å². The lowest BCUT2D eigenvalue weighted by molar-refractivity contribution is 0.110. The van der Waals surface area contributed by atoms with Crippen LogP contribution in [0.25, 0.3) is 0 Å². The number of nitrogens with one attached hydrogen (secondary N) is 1. The molecule has 2 nitrogen and oxygen atoms in total. The molecule has 1 N–H and O–H groups in total. The van der Waals surface area contributed by atoms with Gasteiger partial charge in [0.25, 0.3) is 0 Å². The van der Waals surface area contributed by atoms with Crippen LogP contribution >= 0.6 is 0 Å². The minimum absolute atomic E-state index is 0.592. The van der Waals surface area contributed by atoms with Gasteiger partial charge in [-0.25, -0.2) is 0 Å². The smallest absolute Gasteiger partial charge is 0.00955 e. The zero-order chi connectivity index (χ0) is 13.0. The third-order valence-corrected chi connectivity index (χ3v) is 5.10. The Balaban J connectivity index is 1.86. The Morgan fingerprint density at radius 2 is 1.94 bits per heavy atom. The van der Waals surface area contributed by atoms with E-state index in [1.54, 1.807) is 0 Å². The summed E-state index contributed by atoms with van der Waals surface area (Å²) < 4.78 is 0. The molecule has 2 atom stereocenters. The van der Waals surface area contributed by atoms with Crippen LogP contribution in [0, 0.1) is 11.3 Å². The Hall–Kier alpha value is -0.0800. The minimum atomic E-state index is 0.592. The van der Waals surface area contributed by atoms with Gasteiger partial charge >= 0.3 is 0 Å². The maximum atomic E-state index is 3.36. The molecule has 0 aromatic heterocycles. The second-order valence-electron chi connectivity index (χ2n) is 7.31. The van der Waals surface area contributed by atoms with E-state index >= 15 is 0 Å². The van der Waals surface area contributed by atoms with Crippen molar-refractivity contribution < 1.29 is 0 Å². The number of piperidine rings is 1. The van der Waals surface area contributed by atoms with Crippen molar-refractivity contribution in [1.29, 1.82) is 0 Å². The van der Waals surface area contributed by atoms with Crippen LogP contribution in [0.15, 0.2) is 0 Å². The molecule has 0 amide bonds. The Kier molecular flexibility index (Phi) is 5.08. The van der Waals surface area contributed by atoms with Crippen molar-refractivity contribution in [2.45, 2.75) is 64.8 Å². The summed E-state index contributed by atoms with van der Waals surface area (Å²) in [5.74, 6) is 0.889. The number of hydrogen-bond acceptors (Lipinski definition) is 2. The molecule has 0 radical (unpaired) electrons. The van der Waals surface area contributed by atoms with Gasteiger partial charge in [-0.05, 0) is 70.0 Å². The van der Waals surface area contributed by atoms with E-state index in [0.717, 1.165) is 12.0 Å². The van der Waals surface area contributed by atoms with Crippen molar-refractivity contribution in [3.63, 3.8) is 0 Å². The summed E-state index contributed by atoms with van der Waals surface area (Å²) in [7, 11) is 2.09. The maximum Gasteiger partial charge on any atom is 0.00955 e. The third kappa shape index (κ3) is 3.96. The van der Waals surface area contributed by atoms with E-state index in [4.69, 9.17) is 0 Å². The predicted molar refractivity (Wildman–Crippen MR) is 78.9 cm³/mol. The van der Waals surface area contributed by atoms with Crippen molar-refractivity contribution in [3.05, 3.63) is 0 Å². The van der Waals surface area contributed by atoms with Crippen molar-refractivity contribution in [3.8, 4) is 0 Å². The monoisotopic (exact) mass is 252 g/mol. The molecular weight excluding hydrogens is 220 g/mol. The molecule has 2 rings (SSSR count). The fourth-order valence-corrected chi connectivity index (χ4v) is 3.89. The molecule has 1 aliphatic carbocycles. The SMILES string of the molecule is CNCC1CCCN(C2CCCC(C)(C)CC2)C1. The fourth-order valence-electron chi connectivity index (χ4n) is 3.89. The lowest BCUT2D eigenvalue weighted by Gasteiger charge is -2.38. The molecule has 0 bridgehead atoms. The second-order valence-corrected chi connectivity index (χ2v) is 7.31. The van der Waals surface area contributed by atoms with Crippen LogP contribution in [0.1, 0.15) is 58.8 Å². The van der Waals surface area contributed by atoms with Gasteiger partial charge in [-0.2, -0.15) is 0 Å². The summed E-state index contributed by atoms with van der Waals surface area (Å²) in [6.45, 7) is 8.80. The molecule has 2 unspecified atom stereocenters. The first kappa shape index (κ1) is 14.3. The van der Waals surface area contributed by atoms with Gasteiger partial charge in [0.05, 0.1) is 0 Å². The standard InChI is InChI=1S/C16H32N2/c1-16(2)9-4-7-15(8-10-16)18-11-5-6-14(13-18)12-17-3/h14-15,17H,4-13H2,1-3H3. The summed E-state index contributed by atoms with van der Waals surface area (Å²) in [5.41, 5.74) is 0.592. The van der Waals surface area contributed by atoms with Crippen molar-refractivity contribution >= 4 is 0 Å². The quantitative estimate of drug-likeness (QED) is 0.776. The summed E-state index contributed by atoms with van der Waals surface area (Å²) in [6.07, 6.45) is 9.99. The van der Waals surface area contributed by atoms with Gasteiger partial charge in [0, 0.05) is 12.6 Å². The molecule has 0 aromatic rings. The molecule has 2 fully saturated rings. The molecule has 1 saturated heterocycles. The minimum Gasteiger partial charge on any atom is -0.319 e. The van der Waals surface area contributed by atoms with Crippen molar-refractivity contribution in [2.75, 3.05) is 26.7 Å². The predicted octanol–water partition coefficient (Wildman–Crippen LogP) is 3.28. The zero-order valence-corrected chi connectivity index (χ0v) is 12.7. The first-order chi connectivity index (χ1) is 8.61. The van der Waals surface area contributed by atoms with E-state index < -0.39 is 0 Å². The fraction of sp³-hybridized carbons (Fsp3) is 1.00. The van der Waals surface area contributed by atoms with Gasteiger partial charge in [-0.3, -0.25) is 0 Å². The van der Waals surface area contributed by atoms with Crippen molar-refractivity contribution in [1.82, 2.24) is 10.2 Å². The summed E-state index contributed by atoms with van der Waals surface area (Å²) in [6, 6.07) is 0.881. The highest BCUT2D eigenvalue weighted by Gasteiger charge is 2.30. The van der Waals surface area contributed by atoms with Crippen molar-refractivity contribution in [2.24, 2.45) is 11.3 Å². The number of nitrogens with zero attached hydrogens (tertiary/aromatic N) is 1. The highest BCUT2D eigenvalue weighted by molar-refractivity contribution is 4.84. The summed E-state index contributed by atoms with van der Waals surface area (Å²) in [5, 5.41) is 3.36. The van der Waals surface area contributed by atoms with Crippen LogP contribution in [0.2, 0.25) is 0 Å². The van der Waals surface area contributed by atoms with Crippen LogP contribution in [0.5, 0.6) is 0 Å². The Morgan fingerprint density at radius 1 is 1.11 bits per heavy atom. The average molecular weight is 252 g/mol. The van der Waals surface area contributed by atoms with Gasteiger partial charge in [-0.1, -0.05) is 20.3 Å². The number of hydrogen-bond donors (Lipinski definition) is 1. The van der Waals surface area contributed by atoms with Crippen LogP contribution in [0.3, 0.4) is 0 Å². The lowest BCUT2D eigenvalue weighted by atomic mass is 9.85. The Morgan fingerprint density at radius 3 is 2.72 bits per heavy atom. The van der Waals surface area contributed by atoms with E-state index in [9.17, 15) is 0 Å². The molecule has 1 aliphatic heterocycles. The molecule has 0 spiro atoms. The molecule has 2 heteroatoms. The first-order valence-corrected chi connectivity index (χ1v) is 7.99. The van der Waals surface area contributed by atoms with E-state index in [2.05, 4.69) is 31.1 Å².